The first-order valence-electron chi connectivity index (χ1n) is 21.9. The molecule has 6 aromatic carbocycles. The van der Waals surface area contributed by atoms with Crippen LogP contribution in [-0.4, -0.2) is 20.7 Å². The van der Waals surface area contributed by atoms with Gasteiger partial charge in [0.25, 0.3) is 0 Å². The van der Waals surface area contributed by atoms with Gasteiger partial charge >= 0.3 is 0 Å². The van der Waals surface area contributed by atoms with Crippen molar-refractivity contribution in [1.82, 2.24) is 14.5 Å². The number of hydrogen-bond acceptors (Lipinski definition) is 5. The lowest BCUT2D eigenvalue weighted by Crippen LogP contribution is -2.37. The summed E-state index contributed by atoms with van der Waals surface area (Å²) in [6.07, 6.45) is 21.0. The highest BCUT2D eigenvalue weighted by Gasteiger charge is 2.33. The predicted molar refractivity (Wildman–Crippen MR) is 272 cm³/mol. The first-order chi connectivity index (χ1) is 31.5. The van der Waals surface area contributed by atoms with Crippen LogP contribution in [0.2, 0.25) is 0 Å². The van der Waals surface area contributed by atoms with Crippen molar-refractivity contribution in [3.8, 4) is 16.8 Å². The van der Waals surface area contributed by atoms with Crippen LogP contribution in [0.25, 0.3) is 44.2 Å². The SMILES string of the molecule is C=CC(/C=C\C(=CC)c1ncccn1)C1Nc2ccccc2N1c1ccc(N(C(=C)C)c2ccc(-c3ccc4c(c3)c3ccccc3n4-c3ccccc3)cc2C/C=C\C=C/C)cc1. The van der Waals surface area contributed by atoms with Crippen LogP contribution < -0.4 is 15.1 Å². The zero-order chi connectivity index (χ0) is 44.0. The molecule has 1 aliphatic rings. The van der Waals surface area contributed by atoms with E-state index < -0.39 is 0 Å². The highest BCUT2D eigenvalue weighted by Crippen LogP contribution is 2.44. The molecular formula is C58H52N6. The van der Waals surface area contributed by atoms with Crippen LogP contribution in [0, 0.1) is 5.92 Å². The maximum absolute atomic E-state index is 4.51. The number of anilines is 5. The summed E-state index contributed by atoms with van der Waals surface area (Å²) in [5.41, 5.74) is 14.4. The average molecular weight is 833 g/mol. The van der Waals surface area contributed by atoms with Crippen molar-refractivity contribution in [2.24, 2.45) is 5.92 Å². The van der Waals surface area contributed by atoms with Crippen molar-refractivity contribution in [2.75, 3.05) is 15.1 Å². The van der Waals surface area contributed by atoms with Gasteiger partial charge in [0, 0.05) is 63.1 Å². The fourth-order valence-corrected chi connectivity index (χ4v) is 8.89. The molecule has 9 rings (SSSR count). The maximum Gasteiger partial charge on any atom is 0.158 e. The Morgan fingerprint density at radius 1 is 0.750 bits per heavy atom. The molecule has 2 atom stereocenters. The Morgan fingerprint density at radius 3 is 2.23 bits per heavy atom. The molecule has 0 saturated heterocycles. The van der Waals surface area contributed by atoms with Crippen LogP contribution >= 0.6 is 0 Å². The summed E-state index contributed by atoms with van der Waals surface area (Å²) in [4.78, 5) is 13.6. The molecule has 0 radical (unpaired) electrons. The minimum Gasteiger partial charge on any atom is -0.362 e. The lowest BCUT2D eigenvalue weighted by atomic mass is 9.97. The number of para-hydroxylation sites is 4. The van der Waals surface area contributed by atoms with E-state index in [1.165, 1.54) is 38.5 Å². The number of nitrogens with zero attached hydrogens (tertiary/aromatic N) is 5. The second-order valence-electron chi connectivity index (χ2n) is 16.0. The molecule has 1 N–H and O–H groups in total. The molecule has 0 fully saturated rings. The third-order valence-corrected chi connectivity index (χ3v) is 11.9. The standard InChI is InChI=1S/C58H52N6/c1-6-9-10-12-20-46-39-44(45-30-36-55-51(40-45)50-23-15-17-25-54(50)63(55)47-21-13-11-14-22-47)29-35-53(46)62(41(4)5)48-31-33-49(34-32-48)64-56-26-18-16-24-52(56)61-58(64)43(8-3)28-27-42(7-2)57-59-37-19-38-60-57/h6-19,21-40,43,58,61H,3-4,20H2,1-2,5H3/b9-6-,12-10-,28-27-,42-7?. The Morgan fingerprint density at radius 2 is 1.47 bits per heavy atom. The van der Waals surface area contributed by atoms with Crippen molar-refractivity contribution in [2.45, 2.75) is 33.4 Å². The Balaban J connectivity index is 1.06. The molecule has 0 spiro atoms. The van der Waals surface area contributed by atoms with Crippen LogP contribution in [0.1, 0.15) is 32.2 Å². The fraction of sp³-hybridized carbons (Fsp3) is 0.103. The lowest BCUT2D eigenvalue weighted by molar-refractivity contribution is 0.651. The third-order valence-electron chi connectivity index (χ3n) is 11.9. The topological polar surface area (TPSA) is 49.2 Å². The molecule has 0 amide bonds. The zero-order valence-electron chi connectivity index (χ0n) is 36.6. The fourth-order valence-electron chi connectivity index (χ4n) is 8.89. The van der Waals surface area contributed by atoms with E-state index in [0.29, 0.717) is 5.82 Å². The molecule has 0 bridgehead atoms. The minimum atomic E-state index is -0.110. The average Bonchev–Trinajstić information content (AvgIpc) is 3.89. The number of aromatic nitrogens is 3. The quantitative estimate of drug-likeness (QED) is 0.0874. The molecule has 314 valence electrons. The van der Waals surface area contributed by atoms with Crippen molar-refractivity contribution in [3.63, 3.8) is 0 Å². The van der Waals surface area contributed by atoms with Crippen molar-refractivity contribution in [3.05, 3.63) is 237 Å². The summed E-state index contributed by atoms with van der Waals surface area (Å²) in [5, 5.41) is 6.27. The molecule has 6 nitrogen and oxygen atoms in total. The van der Waals surface area contributed by atoms with Crippen molar-refractivity contribution < 1.29 is 0 Å². The van der Waals surface area contributed by atoms with Crippen LogP contribution in [0.5, 0.6) is 0 Å². The summed E-state index contributed by atoms with van der Waals surface area (Å²) in [6, 6.07) is 52.2. The van der Waals surface area contributed by atoms with Gasteiger partial charge in [0.15, 0.2) is 5.82 Å². The molecule has 2 aromatic heterocycles. The van der Waals surface area contributed by atoms with E-state index in [1.807, 2.05) is 32.1 Å². The molecule has 0 aliphatic carbocycles. The van der Waals surface area contributed by atoms with E-state index in [1.54, 1.807) is 12.4 Å². The number of fused-ring (bicyclic) bond motifs is 4. The molecule has 64 heavy (non-hydrogen) atoms. The minimum absolute atomic E-state index is 0.0439. The van der Waals surface area contributed by atoms with E-state index in [2.05, 4.69) is 226 Å². The Hall–Kier alpha value is -7.96. The van der Waals surface area contributed by atoms with Gasteiger partial charge in [-0.25, -0.2) is 9.97 Å². The Kier molecular flexibility index (Phi) is 12.0. The van der Waals surface area contributed by atoms with Crippen molar-refractivity contribution >= 4 is 55.8 Å². The predicted octanol–water partition coefficient (Wildman–Crippen LogP) is 14.9. The Labute approximate surface area is 376 Å². The highest BCUT2D eigenvalue weighted by atomic mass is 15.3. The van der Waals surface area contributed by atoms with E-state index in [9.17, 15) is 0 Å². The van der Waals surface area contributed by atoms with Gasteiger partial charge in [-0.15, -0.1) is 6.58 Å². The Bertz CT molecular complexity index is 3080. The van der Waals surface area contributed by atoms with Crippen LogP contribution in [0.15, 0.2) is 225 Å². The number of benzene rings is 6. The molecule has 1 aliphatic heterocycles. The summed E-state index contributed by atoms with van der Waals surface area (Å²) in [7, 11) is 0. The zero-order valence-corrected chi connectivity index (χ0v) is 36.6. The van der Waals surface area contributed by atoms with Gasteiger partial charge in [0.1, 0.15) is 6.17 Å². The molecule has 3 heterocycles. The van der Waals surface area contributed by atoms with Gasteiger partial charge in [-0.05, 0) is 129 Å². The molecule has 0 saturated carbocycles. The second-order valence-corrected chi connectivity index (χ2v) is 16.0. The van der Waals surface area contributed by atoms with Crippen LogP contribution in [0.4, 0.5) is 28.4 Å². The summed E-state index contributed by atoms with van der Waals surface area (Å²) >= 11 is 0. The smallest absolute Gasteiger partial charge is 0.158 e. The molecular weight excluding hydrogens is 781 g/mol. The highest BCUT2D eigenvalue weighted by molar-refractivity contribution is 6.10. The van der Waals surface area contributed by atoms with Crippen molar-refractivity contribution in [1.29, 1.82) is 0 Å². The molecule has 2 unspecified atom stereocenters. The maximum atomic E-state index is 4.51. The first kappa shape index (κ1) is 41.4. The summed E-state index contributed by atoms with van der Waals surface area (Å²) in [5.74, 6) is 0.649. The number of allylic oxidation sites excluding steroid dienone is 8. The number of nitrogens with one attached hydrogen (secondary N) is 1. The molecule has 8 aromatic rings. The van der Waals surface area contributed by atoms with Gasteiger partial charge in [-0.2, -0.15) is 0 Å². The third kappa shape index (κ3) is 8.10. The van der Waals surface area contributed by atoms with E-state index in [-0.39, 0.29) is 12.1 Å². The van der Waals surface area contributed by atoms with Gasteiger partial charge in [0.05, 0.1) is 22.4 Å². The van der Waals surface area contributed by atoms with Crippen LogP contribution in [-0.2, 0) is 6.42 Å². The normalized spacial score (nSPS) is 14.5. The van der Waals surface area contributed by atoms with Gasteiger partial charge in [-0.3, -0.25) is 0 Å². The monoisotopic (exact) mass is 832 g/mol. The number of rotatable bonds is 14. The van der Waals surface area contributed by atoms with E-state index in [0.717, 1.165) is 51.8 Å². The van der Waals surface area contributed by atoms with E-state index in [4.69, 9.17) is 0 Å². The first-order valence-corrected chi connectivity index (χ1v) is 21.9. The largest absolute Gasteiger partial charge is 0.362 e. The lowest BCUT2D eigenvalue weighted by Gasteiger charge is -2.32. The summed E-state index contributed by atoms with van der Waals surface area (Å²) in [6.45, 7) is 14.9. The summed E-state index contributed by atoms with van der Waals surface area (Å²) < 4.78 is 2.36. The van der Waals surface area contributed by atoms with Gasteiger partial charge < -0.3 is 19.7 Å². The number of hydrogen-bond donors (Lipinski definition) is 1. The van der Waals surface area contributed by atoms with Crippen LogP contribution in [0.3, 0.4) is 0 Å². The second kappa shape index (κ2) is 18.6. The van der Waals surface area contributed by atoms with E-state index >= 15 is 0 Å². The molecule has 6 heteroatoms. The van der Waals surface area contributed by atoms with Gasteiger partial charge in [0.2, 0.25) is 0 Å². The van der Waals surface area contributed by atoms with Gasteiger partial charge in [-0.1, -0.05) is 116 Å².